The van der Waals surface area contributed by atoms with Crippen LogP contribution in [0.3, 0.4) is 0 Å². The molecule has 3 rings (SSSR count). The molecule has 0 saturated carbocycles. The Bertz CT molecular complexity index is 1090. The summed E-state index contributed by atoms with van der Waals surface area (Å²) < 4.78 is 45.8. The molecule has 7 nitrogen and oxygen atoms in total. The highest BCUT2D eigenvalue weighted by atomic mass is 35.5. The van der Waals surface area contributed by atoms with E-state index in [4.69, 9.17) is 27.9 Å². The summed E-state index contributed by atoms with van der Waals surface area (Å²) in [4.78, 5) is 22.5. The zero-order chi connectivity index (χ0) is 21.9. The van der Waals surface area contributed by atoms with Gasteiger partial charge in [0.1, 0.15) is 18.1 Å². The van der Waals surface area contributed by atoms with E-state index in [1.54, 1.807) is 42.5 Å². The molecular formula is C18H10Cl2F3N3O4. The quantitative estimate of drug-likeness (QED) is 0.442. The Morgan fingerprint density at radius 3 is 2.30 bits per heavy atom. The number of nitrogens with one attached hydrogen (secondary N) is 1. The van der Waals surface area contributed by atoms with Crippen LogP contribution in [0.15, 0.2) is 42.5 Å². The fraction of sp³-hybridized carbons (Fsp3) is 0.111. The Balaban J connectivity index is 1.65. The van der Waals surface area contributed by atoms with Crippen LogP contribution in [0.4, 0.5) is 13.2 Å². The van der Waals surface area contributed by atoms with Crippen molar-refractivity contribution < 1.29 is 32.2 Å². The van der Waals surface area contributed by atoms with Gasteiger partial charge in [-0.05, 0) is 35.4 Å². The Hall–Kier alpha value is -3.11. The van der Waals surface area contributed by atoms with Gasteiger partial charge in [0.2, 0.25) is 0 Å². The first-order chi connectivity index (χ1) is 14.1. The minimum atomic E-state index is -5.31. The number of carbonyl (C=O) groups excluding carboxylic acids is 2. The Morgan fingerprint density at radius 1 is 1.00 bits per heavy atom. The number of hydrogen-bond donors (Lipinski definition) is 1. The summed E-state index contributed by atoms with van der Waals surface area (Å²) in [6.07, 6.45) is -5.31. The van der Waals surface area contributed by atoms with Crippen LogP contribution in [0.5, 0.6) is 5.75 Å². The first-order valence-corrected chi connectivity index (χ1v) is 8.82. The fourth-order valence-corrected chi connectivity index (χ4v) is 2.58. The van der Waals surface area contributed by atoms with Crippen LogP contribution < -0.4 is 4.74 Å². The van der Waals surface area contributed by atoms with E-state index in [1.807, 2.05) is 0 Å². The van der Waals surface area contributed by atoms with Crippen LogP contribution in [0.25, 0.3) is 11.1 Å². The summed E-state index contributed by atoms with van der Waals surface area (Å²) in [6.45, 7) is -0.312. The molecule has 156 valence electrons. The third-order valence-corrected chi connectivity index (χ3v) is 4.46. The van der Waals surface area contributed by atoms with Gasteiger partial charge in [0, 0.05) is 0 Å². The average molecular weight is 460 g/mol. The first-order valence-electron chi connectivity index (χ1n) is 8.06. The Morgan fingerprint density at radius 2 is 1.67 bits per heavy atom. The number of esters is 2. The van der Waals surface area contributed by atoms with Gasteiger partial charge >= 0.3 is 18.1 Å². The SMILES string of the molecule is O=C(OC(=O)C(F)(F)F)c1[nH]nnc1COc1ccc(-c2ccc(Cl)c(Cl)c2)cc1. The van der Waals surface area contributed by atoms with Crippen molar-refractivity contribution in [3.63, 3.8) is 0 Å². The number of aromatic nitrogens is 3. The molecule has 0 aliphatic heterocycles. The topological polar surface area (TPSA) is 94.2 Å². The molecule has 30 heavy (non-hydrogen) atoms. The second-order valence-corrected chi connectivity index (χ2v) is 6.56. The normalized spacial score (nSPS) is 11.2. The molecule has 0 aliphatic carbocycles. The summed E-state index contributed by atoms with van der Waals surface area (Å²) in [5.74, 6) is -3.84. The predicted molar refractivity (Wildman–Crippen MR) is 99.1 cm³/mol. The monoisotopic (exact) mass is 459 g/mol. The van der Waals surface area contributed by atoms with Crippen molar-refractivity contribution in [2.45, 2.75) is 12.8 Å². The van der Waals surface area contributed by atoms with E-state index in [2.05, 4.69) is 20.1 Å². The summed E-state index contributed by atoms with van der Waals surface area (Å²) in [7, 11) is 0. The van der Waals surface area contributed by atoms with Gasteiger partial charge in [-0.1, -0.05) is 46.6 Å². The lowest BCUT2D eigenvalue weighted by molar-refractivity contribution is -0.193. The molecule has 3 aromatic rings. The van der Waals surface area contributed by atoms with Gasteiger partial charge < -0.3 is 9.47 Å². The van der Waals surface area contributed by atoms with Crippen molar-refractivity contribution in [2.24, 2.45) is 0 Å². The van der Waals surface area contributed by atoms with E-state index < -0.39 is 23.8 Å². The molecule has 0 atom stereocenters. The molecule has 0 bridgehead atoms. The number of carbonyl (C=O) groups is 2. The molecule has 2 aromatic carbocycles. The maximum atomic E-state index is 12.2. The van der Waals surface area contributed by atoms with Crippen LogP contribution in [0.2, 0.25) is 10.0 Å². The highest BCUT2D eigenvalue weighted by Gasteiger charge is 2.43. The number of alkyl halides is 3. The van der Waals surface area contributed by atoms with Gasteiger partial charge in [-0.2, -0.15) is 13.2 Å². The van der Waals surface area contributed by atoms with Crippen LogP contribution >= 0.6 is 23.2 Å². The number of nitrogens with zero attached hydrogens (tertiary/aromatic N) is 2. The maximum absolute atomic E-state index is 12.2. The molecule has 12 heteroatoms. The number of benzene rings is 2. The molecule has 1 N–H and O–H groups in total. The molecule has 0 radical (unpaired) electrons. The zero-order valence-corrected chi connectivity index (χ0v) is 16.2. The molecular weight excluding hydrogens is 450 g/mol. The highest BCUT2D eigenvalue weighted by molar-refractivity contribution is 6.42. The molecule has 0 unspecified atom stereocenters. The number of hydrogen-bond acceptors (Lipinski definition) is 6. The molecule has 0 spiro atoms. The molecule has 0 fully saturated rings. The van der Waals surface area contributed by atoms with Crippen molar-refractivity contribution in [3.05, 3.63) is 63.9 Å². The van der Waals surface area contributed by atoms with Gasteiger partial charge in [0.05, 0.1) is 10.0 Å². The van der Waals surface area contributed by atoms with Crippen LogP contribution in [-0.2, 0) is 16.1 Å². The number of aromatic amines is 1. The van der Waals surface area contributed by atoms with Crippen molar-refractivity contribution in [1.29, 1.82) is 0 Å². The number of H-pyrrole nitrogens is 1. The Kier molecular flexibility index (Phi) is 6.28. The van der Waals surface area contributed by atoms with Crippen molar-refractivity contribution in [3.8, 4) is 16.9 Å². The first kappa shape index (κ1) is 21.6. The van der Waals surface area contributed by atoms with Crippen molar-refractivity contribution >= 4 is 35.1 Å². The van der Waals surface area contributed by atoms with E-state index in [1.165, 1.54) is 0 Å². The smallest absolute Gasteiger partial charge is 0.487 e. The maximum Gasteiger partial charge on any atom is 0.491 e. The lowest BCUT2D eigenvalue weighted by atomic mass is 10.1. The third-order valence-electron chi connectivity index (χ3n) is 3.72. The van der Waals surface area contributed by atoms with E-state index in [0.29, 0.717) is 15.8 Å². The largest absolute Gasteiger partial charge is 0.491 e. The summed E-state index contributed by atoms with van der Waals surface area (Å²) in [5.41, 5.74) is 0.993. The number of halogens is 5. The van der Waals surface area contributed by atoms with Gasteiger partial charge in [-0.15, -0.1) is 5.10 Å². The zero-order valence-electron chi connectivity index (χ0n) is 14.7. The fourth-order valence-electron chi connectivity index (χ4n) is 2.28. The van der Waals surface area contributed by atoms with Gasteiger partial charge in [-0.25, -0.2) is 9.59 Å². The van der Waals surface area contributed by atoms with E-state index in [0.717, 1.165) is 11.1 Å². The summed E-state index contributed by atoms with van der Waals surface area (Å²) in [5, 5.41) is 9.79. The minimum absolute atomic E-state index is 0.136. The highest BCUT2D eigenvalue weighted by Crippen LogP contribution is 2.29. The molecule has 0 saturated heterocycles. The molecule has 1 heterocycles. The van der Waals surface area contributed by atoms with Crippen LogP contribution in [-0.4, -0.2) is 33.5 Å². The second-order valence-electron chi connectivity index (χ2n) is 5.75. The lowest BCUT2D eigenvalue weighted by Gasteiger charge is -2.08. The van der Waals surface area contributed by atoms with Crippen LogP contribution in [0, 0.1) is 0 Å². The molecule has 0 aliphatic rings. The predicted octanol–water partition coefficient (Wildman–Crippen LogP) is 4.60. The van der Waals surface area contributed by atoms with Gasteiger partial charge in [0.25, 0.3) is 0 Å². The van der Waals surface area contributed by atoms with Crippen LogP contribution in [0.1, 0.15) is 16.2 Å². The Labute approximate surface area is 176 Å². The summed E-state index contributed by atoms with van der Waals surface area (Å²) in [6, 6.07) is 11.9. The number of ether oxygens (including phenoxy) is 2. The van der Waals surface area contributed by atoms with E-state index in [-0.39, 0.29) is 12.3 Å². The van der Waals surface area contributed by atoms with Crippen molar-refractivity contribution in [2.75, 3.05) is 0 Å². The molecule has 0 amide bonds. The van der Waals surface area contributed by atoms with E-state index >= 15 is 0 Å². The second kappa shape index (κ2) is 8.72. The molecule has 1 aromatic heterocycles. The standard InChI is InChI=1S/C18H10Cl2F3N3O4/c19-12-6-3-10(7-13(12)20)9-1-4-11(5-2-9)29-8-14-15(25-26-24-14)16(27)30-17(28)18(21,22)23/h1-7H,8H2,(H,24,25,26). The van der Waals surface area contributed by atoms with Gasteiger partial charge in [0.15, 0.2) is 5.69 Å². The third kappa shape index (κ3) is 5.08. The summed E-state index contributed by atoms with van der Waals surface area (Å²) >= 11 is 11.9. The lowest BCUT2D eigenvalue weighted by Crippen LogP contribution is -2.28. The van der Waals surface area contributed by atoms with Crippen molar-refractivity contribution in [1.82, 2.24) is 15.4 Å². The minimum Gasteiger partial charge on any atom is -0.487 e. The van der Waals surface area contributed by atoms with E-state index in [9.17, 15) is 22.8 Å². The van der Waals surface area contributed by atoms with Gasteiger partial charge in [-0.3, -0.25) is 5.10 Å². The number of rotatable bonds is 5. The average Bonchev–Trinajstić information content (AvgIpc) is 3.17.